The van der Waals surface area contributed by atoms with Crippen LogP contribution in [0, 0.1) is 6.92 Å². The van der Waals surface area contributed by atoms with Gasteiger partial charge < -0.3 is 9.30 Å². The van der Waals surface area contributed by atoms with Crippen molar-refractivity contribution >= 4 is 0 Å². The molecule has 1 aliphatic rings. The molecular formula is C15H24N6O. The third-order valence-corrected chi connectivity index (χ3v) is 4.35. The van der Waals surface area contributed by atoms with Gasteiger partial charge in [0.15, 0.2) is 5.82 Å². The predicted molar refractivity (Wildman–Crippen MR) is 82.3 cm³/mol. The number of methoxy groups -OCH3 is 1. The van der Waals surface area contributed by atoms with Gasteiger partial charge >= 0.3 is 0 Å². The van der Waals surface area contributed by atoms with Crippen LogP contribution in [0.1, 0.15) is 30.0 Å². The lowest BCUT2D eigenvalue weighted by molar-refractivity contribution is 0.170. The molecule has 7 heteroatoms. The monoisotopic (exact) mass is 304 g/mol. The van der Waals surface area contributed by atoms with E-state index in [0.717, 1.165) is 43.4 Å². The van der Waals surface area contributed by atoms with Crippen LogP contribution in [-0.2, 0) is 37.9 Å². The number of aromatic nitrogens is 5. The van der Waals surface area contributed by atoms with Gasteiger partial charge in [-0.05, 0) is 19.9 Å². The van der Waals surface area contributed by atoms with Crippen LogP contribution in [-0.4, -0.2) is 49.1 Å². The lowest BCUT2D eigenvalue weighted by atomic mass is 10.2. The molecule has 0 N–H and O–H groups in total. The van der Waals surface area contributed by atoms with Gasteiger partial charge in [-0.2, -0.15) is 5.10 Å². The Morgan fingerprint density at radius 2 is 2.14 bits per heavy atom. The smallest absolute Gasteiger partial charge is 0.159 e. The van der Waals surface area contributed by atoms with Crippen LogP contribution < -0.4 is 0 Å². The molecule has 0 saturated carbocycles. The van der Waals surface area contributed by atoms with Gasteiger partial charge in [0.25, 0.3) is 0 Å². The van der Waals surface area contributed by atoms with Crippen LogP contribution in [0.2, 0.25) is 0 Å². The number of rotatable bonds is 4. The van der Waals surface area contributed by atoms with Crippen molar-refractivity contribution in [3.8, 4) is 0 Å². The molecule has 3 rings (SSSR count). The molecule has 2 aromatic heterocycles. The summed E-state index contributed by atoms with van der Waals surface area (Å²) >= 11 is 0. The molecule has 22 heavy (non-hydrogen) atoms. The Kier molecular flexibility index (Phi) is 4.26. The Hall–Kier alpha value is -1.73. The normalized spacial score (nSPS) is 19.2. The molecule has 0 unspecified atom stereocenters. The quantitative estimate of drug-likeness (QED) is 0.840. The van der Waals surface area contributed by atoms with Gasteiger partial charge in [0.1, 0.15) is 12.4 Å². The first-order valence-electron chi connectivity index (χ1n) is 7.72. The van der Waals surface area contributed by atoms with Gasteiger partial charge in [-0.1, -0.05) is 0 Å². The van der Waals surface area contributed by atoms with Crippen molar-refractivity contribution in [2.75, 3.05) is 13.7 Å². The molecule has 0 aromatic carbocycles. The van der Waals surface area contributed by atoms with Crippen molar-refractivity contribution in [2.45, 2.75) is 46.0 Å². The van der Waals surface area contributed by atoms with E-state index in [2.05, 4.69) is 37.8 Å². The second kappa shape index (κ2) is 6.18. The highest BCUT2D eigenvalue weighted by atomic mass is 16.5. The first-order valence-corrected chi connectivity index (χ1v) is 7.72. The minimum atomic E-state index is 0.427. The minimum absolute atomic E-state index is 0.427. The lowest BCUT2D eigenvalue weighted by Crippen LogP contribution is -2.35. The third kappa shape index (κ3) is 2.91. The van der Waals surface area contributed by atoms with Crippen LogP contribution >= 0.6 is 0 Å². The highest BCUT2D eigenvalue weighted by Crippen LogP contribution is 2.17. The van der Waals surface area contributed by atoms with Crippen LogP contribution in [0.25, 0.3) is 0 Å². The zero-order chi connectivity index (χ0) is 15.7. The molecule has 0 aliphatic carbocycles. The molecule has 120 valence electrons. The van der Waals surface area contributed by atoms with Gasteiger partial charge in [0, 0.05) is 46.3 Å². The molecule has 3 heterocycles. The van der Waals surface area contributed by atoms with Crippen molar-refractivity contribution in [2.24, 2.45) is 7.05 Å². The Bertz CT molecular complexity index is 646. The summed E-state index contributed by atoms with van der Waals surface area (Å²) in [6.45, 7) is 7.60. The molecule has 0 bridgehead atoms. The van der Waals surface area contributed by atoms with Gasteiger partial charge in [-0.3, -0.25) is 9.58 Å². The van der Waals surface area contributed by atoms with Crippen molar-refractivity contribution in [3.63, 3.8) is 0 Å². The van der Waals surface area contributed by atoms with E-state index in [9.17, 15) is 0 Å². The summed E-state index contributed by atoms with van der Waals surface area (Å²) in [5.74, 6) is 1.98. The van der Waals surface area contributed by atoms with E-state index in [0.29, 0.717) is 12.6 Å². The van der Waals surface area contributed by atoms with Crippen molar-refractivity contribution in [1.82, 2.24) is 29.4 Å². The molecule has 0 spiro atoms. The van der Waals surface area contributed by atoms with Crippen LogP contribution in [0.15, 0.2) is 6.07 Å². The Morgan fingerprint density at radius 3 is 2.82 bits per heavy atom. The number of fused-ring (bicyclic) bond motifs is 1. The van der Waals surface area contributed by atoms with E-state index >= 15 is 0 Å². The molecule has 1 aliphatic heterocycles. The van der Waals surface area contributed by atoms with Crippen LogP contribution in [0.4, 0.5) is 0 Å². The zero-order valence-electron chi connectivity index (χ0n) is 13.8. The third-order valence-electron chi connectivity index (χ3n) is 4.35. The standard InChI is InChI=1S/C15H24N6O/c1-11-7-13(19(3)18-11)9-20-5-6-21-14(8-12(20)2)16-17-15(21)10-22-4/h7,12H,5-6,8-10H2,1-4H3/t12-/m0/s1. The number of hydrogen-bond donors (Lipinski definition) is 0. The second-order valence-corrected chi connectivity index (χ2v) is 6.04. The van der Waals surface area contributed by atoms with E-state index in [1.807, 2.05) is 18.7 Å². The Balaban J connectivity index is 1.75. The van der Waals surface area contributed by atoms with Crippen molar-refractivity contribution in [3.05, 3.63) is 29.1 Å². The van der Waals surface area contributed by atoms with E-state index in [1.54, 1.807) is 7.11 Å². The maximum atomic E-state index is 5.21. The SMILES string of the molecule is COCc1nnc2n1CCN(Cc1cc(C)nn1C)[C@@H](C)C2. The fourth-order valence-corrected chi connectivity index (χ4v) is 3.11. The van der Waals surface area contributed by atoms with Gasteiger partial charge in [-0.15, -0.1) is 10.2 Å². The van der Waals surface area contributed by atoms with E-state index in [-0.39, 0.29) is 0 Å². The topological polar surface area (TPSA) is 61.0 Å². The lowest BCUT2D eigenvalue weighted by Gasteiger charge is -2.26. The van der Waals surface area contributed by atoms with Crippen molar-refractivity contribution < 1.29 is 4.74 Å². The zero-order valence-corrected chi connectivity index (χ0v) is 13.8. The summed E-state index contributed by atoms with van der Waals surface area (Å²) in [5, 5.41) is 13.0. The minimum Gasteiger partial charge on any atom is -0.377 e. The van der Waals surface area contributed by atoms with Crippen LogP contribution in [0.5, 0.6) is 0 Å². The fraction of sp³-hybridized carbons (Fsp3) is 0.667. The summed E-state index contributed by atoms with van der Waals surface area (Å²) in [4.78, 5) is 2.49. The molecule has 0 saturated heterocycles. The van der Waals surface area contributed by atoms with E-state index in [4.69, 9.17) is 4.74 Å². The second-order valence-electron chi connectivity index (χ2n) is 6.04. The van der Waals surface area contributed by atoms with Crippen molar-refractivity contribution in [1.29, 1.82) is 0 Å². The molecule has 0 fully saturated rings. The predicted octanol–water partition coefficient (Wildman–Crippen LogP) is 0.913. The molecule has 0 radical (unpaired) electrons. The number of aryl methyl sites for hydroxylation is 2. The number of ether oxygens (including phenoxy) is 1. The molecule has 1 atom stereocenters. The number of hydrogen-bond acceptors (Lipinski definition) is 5. The largest absolute Gasteiger partial charge is 0.377 e. The Morgan fingerprint density at radius 1 is 1.32 bits per heavy atom. The molecule has 0 amide bonds. The summed E-state index contributed by atoms with van der Waals surface area (Å²) in [7, 11) is 3.70. The van der Waals surface area contributed by atoms with Gasteiger partial charge in [-0.25, -0.2) is 0 Å². The first kappa shape index (κ1) is 15.2. The van der Waals surface area contributed by atoms with Gasteiger partial charge in [0.2, 0.25) is 0 Å². The molecule has 2 aromatic rings. The summed E-state index contributed by atoms with van der Waals surface area (Å²) in [6.07, 6.45) is 0.910. The maximum Gasteiger partial charge on any atom is 0.159 e. The summed E-state index contributed by atoms with van der Waals surface area (Å²) < 4.78 is 9.39. The molecular weight excluding hydrogens is 280 g/mol. The average molecular weight is 304 g/mol. The van der Waals surface area contributed by atoms with E-state index < -0.39 is 0 Å². The van der Waals surface area contributed by atoms with E-state index in [1.165, 1.54) is 5.69 Å². The first-order chi connectivity index (χ1) is 10.6. The summed E-state index contributed by atoms with van der Waals surface area (Å²) in [6, 6.07) is 2.59. The van der Waals surface area contributed by atoms with Gasteiger partial charge in [0.05, 0.1) is 11.4 Å². The average Bonchev–Trinajstić information content (AvgIpc) is 2.93. The molecule has 7 nitrogen and oxygen atoms in total. The summed E-state index contributed by atoms with van der Waals surface area (Å²) in [5.41, 5.74) is 2.32. The van der Waals surface area contributed by atoms with Crippen LogP contribution in [0.3, 0.4) is 0 Å². The Labute approximate surface area is 130 Å². The number of nitrogens with zero attached hydrogens (tertiary/aromatic N) is 6. The maximum absolute atomic E-state index is 5.21. The highest BCUT2D eigenvalue weighted by molar-refractivity contribution is 5.09. The fourth-order valence-electron chi connectivity index (χ4n) is 3.11. The highest BCUT2D eigenvalue weighted by Gasteiger charge is 2.24.